The molecule has 1 aromatic heterocycles. The number of hydrogen-bond donors (Lipinski definition) is 1. The van der Waals surface area contributed by atoms with Crippen molar-refractivity contribution in [3.63, 3.8) is 0 Å². The highest BCUT2D eigenvalue weighted by molar-refractivity contribution is 7.11. The summed E-state index contributed by atoms with van der Waals surface area (Å²) < 4.78 is 0. The summed E-state index contributed by atoms with van der Waals surface area (Å²) in [7, 11) is 0. The van der Waals surface area contributed by atoms with Crippen LogP contribution >= 0.6 is 22.9 Å². The highest BCUT2D eigenvalue weighted by Crippen LogP contribution is 2.20. The largest absolute Gasteiger partial charge is 0.325 e. The first-order valence-corrected chi connectivity index (χ1v) is 4.62. The van der Waals surface area contributed by atoms with Gasteiger partial charge in [-0.3, -0.25) is 0 Å². The highest BCUT2D eigenvalue weighted by Gasteiger charge is 1.92. The van der Waals surface area contributed by atoms with E-state index in [0.29, 0.717) is 0 Å². The van der Waals surface area contributed by atoms with Gasteiger partial charge in [-0.1, -0.05) is 17.7 Å². The first kappa shape index (κ1) is 8.78. The lowest BCUT2D eigenvalue weighted by atomic mass is 10.3. The molecule has 0 fully saturated rings. The second kappa shape index (κ2) is 3.90. The highest BCUT2D eigenvalue weighted by atomic mass is 35.5. The van der Waals surface area contributed by atoms with Crippen molar-refractivity contribution in [1.82, 2.24) is 0 Å². The molecule has 0 aliphatic heterocycles. The summed E-state index contributed by atoms with van der Waals surface area (Å²) in [6, 6.07) is 2.03. The lowest BCUT2D eigenvalue weighted by molar-refractivity contribution is 0.931. The smallest absolute Gasteiger partial charge is 0.0519 e. The minimum Gasteiger partial charge on any atom is -0.325 e. The van der Waals surface area contributed by atoms with Gasteiger partial charge in [0, 0.05) is 16.3 Å². The van der Waals surface area contributed by atoms with E-state index >= 15 is 0 Å². The van der Waals surface area contributed by atoms with Crippen LogP contribution in [0.25, 0.3) is 6.08 Å². The molecule has 1 unspecified atom stereocenters. The molecule has 0 saturated heterocycles. The number of hydrogen-bond acceptors (Lipinski definition) is 2. The number of nitrogens with two attached hydrogens (primary N) is 1. The Kier molecular flexibility index (Phi) is 3.12. The van der Waals surface area contributed by atoms with E-state index in [1.54, 1.807) is 11.3 Å². The molecule has 1 heterocycles. The summed E-state index contributed by atoms with van der Waals surface area (Å²) in [5, 5.41) is 2.70. The molecular weight excluding hydrogens is 178 g/mol. The van der Waals surface area contributed by atoms with E-state index in [0.717, 1.165) is 9.90 Å². The third-order valence-electron chi connectivity index (χ3n) is 1.15. The molecule has 1 atom stereocenters. The van der Waals surface area contributed by atoms with Crippen molar-refractivity contribution in [3.05, 3.63) is 27.4 Å². The van der Waals surface area contributed by atoms with Gasteiger partial charge in [0.05, 0.1) is 5.02 Å². The summed E-state index contributed by atoms with van der Waals surface area (Å²) in [6.45, 7) is 1.94. The second-order valence-corrected chi connectivity index (χ2v) is 3.76. The van der Waals surface area contributed by atoms with Crippen molar-refractivity contribution in [2.75, 3.05) is 0 Å². The zero-order valence-corrected chi connectivity index (χ0v) is 7.82. The molecule has 2 N–H and O–H groups in total. The SMILES string of the molecule is CC(N)/C=C/c1cc(Cl)cs1. The van der Waals surface area contributed by atoms with E-state index in [2.05, 4.69) is 0 Å². The Bertz CT molecular complexity index is 252. The van der Waals surface area contributed by atoms with Gasteiger partial charge in [-0.25, -0.2) is 0 Å². The number of thiophene rings is 1. The van der Waals surface area contributed by atoms with Gasteiger partial charge in [0.2, 0.25) is 0 Å². The van der Waals surface area contributed by atoms with Gasteiger partial charge < -0.3 is 5.73 Å². The quantitative estimate of drug-likeness (QED) is 0.757. The molecule has 0 amide bonds. The predicted octanol–water partition coefficient (Wildman–Crippen LogP) is 2.76. The van der Waals surface area contributed by atoms with Crippen molar-refractivity contribution in [2.45, 2.75) is 13.0 Å². The Labute approximate surface area is 75.5 Å². The molecule has 0 spiro atoms. The zero-order chi connectivity index (χ0) is 8.27. The summed E-state index contributed by atoms with van der Waals surface area (Å²) in [4.78, 5) is 1.15. The normalized spacial score (nSPS) is 14.1. The maximum absolute atomic E-state index is 5.72. The van der Waals surface area contributed by atoms with Gasteiger partial charge in [0.15, 0.2) is 0 Å². The van der Waals surface area contributed by atoms with Crippen LogP contribution in [0.15, 0.2) is 17.5 Å². The Balaban J connectivity index is 2.64. The van der Waals surface area contributed by atoms with Crippen molar-refractivity contribution in [1.29, 1.82) is 0 Å². The molecule has 1 aromatic rings. The monoisotopic (exact) mass is 187 g/mol. The zero-order valence-electron chi connectivity index (χ0n) is 6.25. The van der Waals surface area contributed by atoms with Crippen LogP contribution in [0.3, 0.4) is 0 Å². The molecule has 0 aliphatic carbocycles. The summed E-state index contributed by atoms with van der Waals surface area (Å²) in [6.07, 6.45) is 3.93. The van der Waals surface area contributed by atoms with Crippen LogP contribution in [0.5, 0.6) is 0 Å². The molecule has 11 heavy (non-hydrogen) atoms. The molecule has 0 radical (unpaired) electrons. The first-order chi connectivity index (χ1) is 5.18. The summed E-state index contributed by atoms with van der Waals surface area (Å²) in [5.41, 5.74) is 5.53. The van der Waals surface area contributed by atoms with E-state index in [9.17, 15) is 0 Å². The van der Waals surface area contributed by atoms with E-state index in [1.165, 1.54) is 0 Å². The van der Waals surface area contributed by atoms with Crippen LogP contribution in [0.2, 0.25) is 5.02 Å². The Hall–Kier alpha value is -0.310. The molecule has 0 saturated carbocycles. The average Bonchev–Trinajstić information content (AvgIpc) is 2.31. The van der Waals surface area contributed by atoms with Crippen molar-refractivity contribution in [2.24, 2.45) is 5.73 Å². The Morgan fingerprint density at radius 2 is 2.45 bits per heavy atom. The average molecular weight is 188 g/mol. The minimum absolute atomic E-state index is 0.107. The van der Waals surface area contributed by atoms with Crippen LogP contribution in [0.1, 0.15) is 11.8 Å². The Morgan fingerprint density at radius 1 is 1.73 bits per heavy atom. The second-order valence-electron chi connectivity index (χ2n) is 2.39. The molecule has 1 rings (SSSR count). The standard InChI is InChI=1S/C8H10ClNS/c1-6(10)2-3-8-4-7(9)5-11-8/h2-6H,10H2,1H3/b3-2+. The van der Waals surface area contributed by atoms with E-state index < -0.39 is 0 Å². The molecule has 3 heteroatoms. The van der Waals surface area contributed by atoms with Gasteiger partial charge in [-0.15, -0.1) is 11.3 Å². The van der Waals surface area contributed by atoms with Gasteiger partial charge >= 0.3 is 0 Å². The molecule has 1 nitrogen and oxygen atoms in total. The topological polar surface area (TPSA) is 26.0 Å². The fraction of sp³-hybridized carbons (Fsp3) is 0.250. The minimum atomic E-state index is 0.107. The third kappa shape index (κ3) is 3.06. The van der Waals surface area contributed by atoms with Crippen LogP contribution in [0.4, 0.5) is 0 Å². The van der Waals surface area contributed by atoms with E-state index in [4.69, 9.17) is 17.3 Å². The fourth-order valence-electron chi connectivity index (χ4n) is 0.662. The number of halogens is 1. The lowest BCUT2D eigenvalue weighted by Crippen LogP contribution is -2.09. The van der Waals surface area contributed by atoms with Gasteiger partial charge in [0.25, 0.3) is 0 Å². The first-order valence-electron chi connectivity index (χ1n) is 3.36. The third-order valence-corrected chi connectivity index (χ3v) is 2.40. The van der Waals surface area contributed by atoms with Gasteiger partial charge in [0.1, 0.15) is 0 Å². The van der Waals surface area contributed by atoms with Crippen molar-refractivity contribution in [3.8, 4) is 0 Å². The molecular formula is C8H10ClNS. The fourth-order valence-corrected chi connectivity index (χ4v) is 1.65. The lowest BCUT2D eigenvalue weighted by Gasteiger charge is -1.91. The maximum Gasteiger partial charge on any atom is 0.0519 e. The molecule has 0 bridgehead atoms. The predicted molar refractivity (Wildman–Crippen MR) is 52.0 cm³/mol. The van der Waals surface area contributed by atoms with Crippen LogP contribution < -0.4 is 5.73 Å². The van der Waals surface area contributed by atoms with Crippen LogP contribution in [-0.4, -0.2) is 6.04 Å². The molecule has 60 valence electrons. The van der Waals surface area contributed by atoms with Crippen molar-refractivity contribution < 1.29 is 0 Å². The molecule has 0 aliphatic rings. The van der Waals surface area contributed by atoms with Gasteiger partial charge in [-0.05, 0) is 19.1 Å². The number of rotatable bonds is 2. The van der Waals surface area contributed by atoms with Crippen LogP contribution in [0, 0.1) is 0 Å². The van der Waals surface area contributed by atoms with Gasteiger partial charge in [-0.2, -0.15) is 0 Å². The van der Waals surface area contributed by atoms with Crippen LogP contribution in [-0.2, 0) is 0 Å². The summed E-state index contributed by atoms with van der Waals surface area (Å²) >= 11 is 7.34. The van der Waals surface area contributed by atoms with E-state index in [1.807, 2.05) is 30.5 Å². The molecule has 0 aromatic carbocycles. The van der Waals surface area contributed by atoms with Crippen molar-refractivity contribution >= 4 is 29.0 Å². The maximum atomic E-state index is 5.72. The summed E-state index contributed by atoms with van der Waals surface area (Å²) in [5.74, 6) is 0. The Morgan fingerprint density at radius 3 is 2.91 bits per heavy atom. The van der Waals surface area contributed by atoms with E-state index in [-0.39, 0.29) is 6.04 Å².